The average molecular weight is 1830 g/mol. The molecule has 7 atom stereocenters. The third-order valence-corrected chi connectivity index (χ3v) is 22.4. The van der Waals surface area contributed by atoms with Crippen molar-refractivity contribution >= 4 is 118 Å². The molecule has 5 N–H and O–H groups in total. The molecule has 5 fully saturated rings. The molecule has 14 rings (SSSR count). The molecular formula is C90H115ClN12O27. The molecule has 5 saturated heterocycles. The molecule has 8 aliphatic rings. The Morgan fingerprint density at radius 1 is 0.492 bits per heavy atom. The van der Waals surface area contributed by atoms with E-state index in [4.69, 9.17) is 77.2 Å². The summed E-state index contributed by atoms with van der Waals surface area (Å²) >= 11 is 0. The molecule has 11 heterocycles. The number of rotatable bonds is 31. The summed E-state index contributed by atoms with van der Waals surface area (Å²) < 4.78 is 88.6. The number of nitrogens with one attached hydrogen (secondary N) is 2. The summed E-state index contributed by atoms with van der Waals surface area (Å²) in [5, 5.41) is 14.5. The van der Waals surface area contributed by atoms with Crippen LogP contribution in [0, 0.1) is 0 Å². The molecule has 0 radical (unpaired) electrons. The second-order valence-electron chi connectivity index (χ2n) is 31.1. The number of nitrogen functional groups attached to an aromatic ring is 1. The normalized spacial score (nSPS) is 19.1. The quantitative estimate of drug-likeness (QED) is 0.0136. The number of hydrogen-bond donors (Lipinski definition) is 4. The van der Waals surface area contributed by atoms with Crippen LogP contribution in [0.1, 0.15) is 178 Å². The number of halogens is 1. The fourth-order valence-corrected chi connectivity index (χ4v) is 16.1. The number of fused-ring (bicyclic) bond motifs is 6. The minimum Gasteiger partial charge on any atom is -0.493 e. The minimum absolute atomic E-state index is 0. The molecule has 39 nitrogen and oxygen atoms in total. The van der Waals surface area contributed by atoms with E-state index in [1.165, 1.54) is 70.7 Å². The first-order valence-electron chi connectivity index (χ1n) is 42.8. The number of hydrogen-bond acceptors (Lipinski definition) is 28. The summed E-state index contributed by atoms with van der Waals surface area (Å²) in [6.45, 7) is 10.6. The Balaban J connectivity index is 0.000000192. The Morgan fingerprint density at radius 2 is 0.892 bits per heavy atom. The van der Waals surface area contributed by atoms with Crippen molar-refractivity contribution in [2.75, 3.05) is 135 Å². The maximum atomic E-state index is 14.0. The Labute approximate surface area is 758 Å². The number of carbonyl (C=O) groups excluding carboxylic acids is 10. The second-order valence-corrected chi connectivity index (χ2v) is 31.1. The highest BCUT2D eigenvalue weighted by Gasteiger charge is 2.50. The maximum Gasteiger partial charge on any atom is 0.416 e. The predicted molar refractivity (Wildman–Crippen MR) is 475 cm³/mol. The van der Waals surface area contributed by atoms with Crippen molar-refractivity contribution in [3.63, 3.8) is 0 Å². The van der Waals surface area contributed by atoms with Gasteiger partial charge in [0.25, 0.3) is 17.7 Å². The summed E-state index contributed by atoms with van der Waals surface area (Å²) in [6.07, 6.45) is 16.7. The van der Waals surface area contributed by atoms with Crippen LogP contribution < -0.4 is 54.6 Å². The van der Waals surface area contributed by atoms with Crippen LogP contribution in [0.15, 0.2) is 103 Å². The summed E-state index contributed by atoms with van der Waals surface area (Å²) in [5.74, 6) is -1.22. The third kappa shape index (κ3) is 24.6. The van der Waals surface area contributed by atoms with Gasteiger partial charge in [-0.25, -0.2) is 33.8 Å². The number of nitrogens with zero attached hydrogens (tertiary/aromatic N) is 9. The Bertz CT molecular complexity index is 5070. The summed E-state index contributed by atoms with van der Waals surface area (Å²) in [6, 6.07) is 13.5. The van der Waals surface area contributed by atoms with Crippen molar-refractivity contribution in [3.8, 4) is 34.5 Å². The molecule has 3 aromatic heterocycles. The molecule has 7 amide bonds. The first-order chi connectivity index (χ1) is 62.2. The number of aliphatic imine (C=N–C) groups is 1. The van der Waals surface area contributed by atoms with Crippen LogP contribution in [-0.4, -0.2) is 257 Å². The van der Waals surface area contributed by atoms with E-state index in [1.54, 1.807) is 112 Å². The van der Waals surface area contributed by atoms with E-state index in [0.717, 1.165) is 57.9 Å². The van der Waals surface area contributed by atoms with Gasteiger partial charge in [0.1, 0.15) is 30.3 Å². The number of aryl methyl sites for hydroxylation is 3. The number of aromatic nitrogens is 3. The number of aliphatic carboxylic acids is 1. The molecule has 3 aromatic carbocycles. The van der Waals surface area contributed by atoms with E-state index < -0.39 is 67.2 Å². The smallest absolute Gasteiger partial charge is 0.416 e. The Hall–Kier alpha value is -12.9. The first-order valence-corrected chi connectivity index (χ1v) is 42.8. The maximum absolute atomic E-state index is 14.0. The minimum atomic E-state index is -0.926. The summed E-state index contributed by atoms with van der Waals surface area (Å²) in [5.41, 5.74) is 10.2. The van der Waals surface area contributed by atoms with Crippen LogP contribution in [0.5, 0.6) is 34.5 Å². The molecule has 40 heteroatoms. The van der Waals surface area contributed by atoms with Gasteiger partial charge in [-0.3, -0.25) is 33.8 Å². The monoisotopic (exact) mass is 1830 g/mol. The number of esters is 3. The number of carboxylic acids is 1. The molecule has 4 unspecified atom stereocenters. The van der Waals surface area contributed by atoms with Crippen molar-refractivity contribution in [2.45, 2.75) is 159 Å². The van der Waals surface area contributed by atoms with Crippen molar-refractivity contribution in [3.05, 3.63) is 132 Å². The van der Waals surface area contributed by atoms with Gasteiger partial charge in [0, 0.05) is 116 Å². The largest absolute Gasteiger partial charge is 0.493 e. The first kappa shape index (κ1) is 99.3. The van der Waals surface area contributed by atoms with Crippen LogP contribution in [0.4, 0.5) is 43.7 Å². The molecule has 704 valence electrons. The lowest BCUT2D eigenvalue weighted by Crippen LogP contribution is -2.54. The average Bonchev–Trinajstić information content (AvgIpc) is 1.60. The number of ether oxygens (including phenoxy) is 15. The van der Waals surface area contributed by atoms with Gasteiger partial charge >= 0.3 is 36.1 Å². The highest BCUT2D eigenvalue weighted by atomic mass is 35.5. The number of nitrogens with two attached hydrogens (primary N) is 1. The van der Waals surface area contributed by atoms with Gasteiger partial charge < -0.3 is 121 Å². The molecular weight excluding hydrogens is 1720 g/mol. The summed E-state index contributed by atoms with van der Waals surface area (Å²) in [7, 11) is 13.5. The van der Waals surface area contributed by atoms with Gasteiger partial charge in [0.05, 0.1) is 131 Å². The van der Waals surface area contributed by atoms with E-state index in [-0.39, 0.29) is 147 Å². The summed E-state index contributed by atoms with van der Waals surface area (Å²) in [4.78, 5) is 151. The second kappa shape index (κ2) is 47.5. The Morgan fingerprint density at radius 3 is 1.29 bits per heavy atom. The zero-order valence-corrected chi connectivity index (χ0v) is 75.3. The fraction of sp³-hybridized carbons (Fsp3) is 0.489. The van der Waals surface area contributed by atoms with Gasteiger partial charge in [-0.15, -0.1) is 12.4 Å². The van der Waals surface area contributed by atoms with Crippen molar-refractivity contribution < 1.29 is 129 Å². The van der Waals surface area contributed by atoms with Crippen molar-refractivity contribution in [2.24, 2.45) is 26.1 Å². The van der Waals surface area contributed by atoms with E-state index in [1.807, 2.05) is 11.1 Å². The number of carbonyl (C=O) groups is 11. The number of methoxy groups -OCH3 is 6. The third-order valence-electron chi connectivity index (χ3n) is 22.4. The fourth-order valence-electron chi connectivity index (χ4n) is 16.1. The zero-order valence-electron chi connectivity index (χ0n) is 74.5. The van der Waals surface area contributed by atoms with Crippen molar-refractivity contribution in [1.82, 2.24) is 28.4 Å². The highest BCUT2D eigenvalue weighted by Crippen LogP contribution is 2.46. The lowest BCUT2D eigenvalue weighted by molar-refractivity contribution is -0.195. The molecule has 0 spiro atoms. The number of benzene rings is 3. The topological polar surface area (TPSA) is 440 Å². The molecule has 0 aliphatic carbocycles. The van der Waals surface area contributed by atoms with Gasteiger partial charge in [-0.05, 0) is 133 Å². The molecule has 0 bridgehead atoms. The van der Waals surface area contributed by atoms with Crippen LogP contribution in [0.25, 0.3) is 0 Å². The predicted octanol–water partition coefficient (Wildman–Crippen LogP) is 11.5. The lowest BCUT2D eigenvalue weighted by atomic mass is 10.1. The molecule has 130 heavy (non-hydrogen) atoms. The number of carboxylic acid groups (broad SMARTS) is 1. The van der Waals surface area contributed by atoms with E-state index in [2.05, 4.69) is 33.5 Å². The van der Waals surface area contributed by atoms with Crippen molar-refractivity contribution in [1.29, 1.82) is 0 Å². The van der Waals surface area contributed by atoms with Gasteiger partial charge in [-0.2, -0.15) is 0 Å². The number of amides is 7. The SMILES string of the molecule is C=CCOC(=O)N1c2cc(OCCCC(=O)Nc3cc(C(=O)OC)n(C)c3)c(OC)cc2C(=O)N2CCC[C@H]2C1OC1CCCCO1.C=CCOC(=O)N1c2cc(OCCCC(=O)O)c(OC)cc2C(=O)N2CCC[C@H]2C1OC1CCCCO1.COC(=O)c1cc(N)cn1C.COC(=O)c1cc(NC(=O)CCCOc2cc3c(cc2OC)C(=O)N2CCC[C@H]2C=N3)cn1C.Cl. The van der Waals surface area contributed by atoms with E-state index >= 15 is 0 Å². The van der Waals surface area contributed by atoms with E-state index in [9.17, 15) is 52.7 Å². The molecule has 6 aromatic rings. The van der Waals surface area contributed by atoms with Crippen LogP contribution in [0.2, 0.25) is 0 Å². The van der Waals surface area contributed by atoms with Crippen LogP contribution in [-0.2, 0) is 78.2 Å². The lowest BCUT2D eigenvalue weighted by Gasteiger charge is -2.38. The number of anilines is 5. The molecule has 8 aliphatic heterocycles. The van der Waals surface area contributed by atoms with Crippen LogP contribution >= 0.6 is 12.4 Å². The zero-order chi connectivity index (χ0) is 92.5. The standard InChI is InChI=1S/C33H42N4O10.C26H34N2O9.C24H28N4O6.C7H10N2O2.ClH/c1-5-14-46-33(41)37-24-19-27(44-16-9-11-28(38)34-21-17-25(32(40)43-4)35(2)20-21)26(42-3)18-22(24)30(39)36-13-8-10-23(36)31(37)47-29-12-6-7-15-45-29;1-3-12-36-26(32)28-19-16-21(34-14-7-9-22(29)30)20(33-2)15-17(19)24(31)27-11-6-8-18(27)25(28)37-23-10-4-5-13-35-23;1-27-14-15(10-19(27)24(31)33-3)26-22(29)7-5-9-34-21-12-18-17(11-20(21)32-2)23(30)28-8-4-6-16(28)13-25-18;1-9-4-5(8)3-6(9)7(10)11-2;/h5,17-20,23,29,31H,1,6-16H2,2-4H3,(H,34,38);3,15-16,18,23,25H,1,4-14H2,2H3,(H,29,30);10-14,16H,4-9H2,1-3H3,(H,26,29);3-4H,8H2,1-2H3;1H/t23-,29?,31?;18-,23?,25?;16-;;/m000../s1. The van der Waals surface area contributed by atoms with Crippen LogP contribution in [0.3, 0.4) is 0 Å². The highest BCUT2D eigenvalue weighted by molar-refractivity contribution is 6.08. The van der Waals surface area contributed by atoms with E-state index in [0.29, 0.717) is 133 Å². The van der Waals surface area contributed by atoms with Gasteiger partial charge in [0.15, 0.2) is 59.5 Å². The Kier molecular flexibility index (Phi) is 36.3. The van der Waals surface area contributed by atoms with Gasteiger partial charge in [0.2, 0.25) is 11.8 Å². The van der Waals surface area contributed by atoms with Gasteiger partial charge in [-0.1, -0.05) is 25.3 Å². The molecule has 0 saturated carbocycles.